The van der Waals surface area contributed by atoms with Crippen molar-refractivity contribution in [1.29, 1.82) is 0 Å². The summed E-state index contributed by atoms with van der Waals surface area (Å²) in [7, 11) is 0. The van der Waals surface area contributed by atoms with Crippen molar-refractivity contribution in [3.63, 3.8) is 0 Å². The minimum Gasteiger partial charge on any atom is -0.396 e. The van der Waals surface area contributed by atoms with Crippen LogP contribution in [0.3, 0.4) is 0 Å². The molecule has 1 aromatic carbocycles. The third kappa shape index (κ3) is 4.75. The summed E-state index contributed by atoms with van der Waals surface area (Å²) in [6.45, 7) is 6.36. The van der Waals surface area contributed by atoms with Gasteiger partial charge >= 0.3 is 0 Å². The number of nitrogens with zero attached hydrogens (tertiary/aromatic N) is 2. The summed E-state index contributed by atoms with van der Waals surface area (Å²) < 4.78 is 0. The van der Waals surface area contributed by atoms with Gasteiger partial charge in [-0.15, -0.1) is 0 Å². The Morgan fingerprint density at radius 2 is 2.25 bits per heavy atom. The molecule has 0 aromatic heterocycles. The number of piperidine rings is 1. The molecule has 1 unspecified atom stereocenters. The van der Waals surface area contributed by atoms with Crippen molar-refractivity contribution in [3.05, 3.63) is 33.9 Å². The number of likely N-dealkylation sites (tertiary alicyclic amines) is 1. The van der Waals surface area contributed by atoms with Crippen molar-refractivity contribution in [2.75, 3.05) is 31.6 Å². The first-order valence-corrected chi connectivity index (χ1v) is 8.21. The summed E-state index contributed by atoms with van der Waals surface area (Å²) in [5, 5.41) is 23.0. The average molecular weight is 335 g/mol. The van der Waals surface area contributed by atoms with Crippen molar-refractivity contribution >= 4 is 17.3 Å². The zero-order valence-electron chi connectivity index (χ0n) is 14.2. The van der Waals surface area contributed by atoms with E-state index in [1.165, 1.54) is 12.1 Å². The number of nitro benzene ring substituents is 1. The number of aliphatic hydroxyl groups is 1. The molecule has 1 heterocycles. The van der Waals surface area contributed by atoms with Gasteiger partial charge in [0.25, 0.3) is 5.69 Å². The molecule has 2 N–H and O–H groups in total. The molecule has 132 valence electrons. The fourth-order valence-electron chi connectivity index (χ4n) is 3.12. The van der Waals surface area contributed by atoms with E-state index < -0.39 is 4.92 Å². The van der Waals surface area contributed by atoms with Crippen molar-refractivity contribution < 1.29 is 14.8 Å². The van der Waals surface area contributed by atoms with E-state index in [1.807, 2.05) is 0 Å². The van der Waals surface area contributed by atoms with E-state index in [-0.39, 0.29) is 23.6 Å². The Hall–Kier alpha value is -1.99. The summed E-state index contributed by atoms with van der Waals surface area (Å²) in [5.41, 5.74) is 1.21. The molecular formula is C17H25N3O4. The molecule has 1 fully saturated rings. The van der Waals surface area contributed by atoms with E-state index in [4.69, 9.17) is 0 Å². The van der Waals surface area contributed by atoms with Gasteiger partial charge in [-0.2, -0.15) is 0 Å². The Kier molecular flexibility index (Phi) is 5.90. The molecule has 1 amide bonds. The smallest absolute Gasteiger partial charge is 0.269 e. The van der Waals surface area contributed by atoms with Gasteiger partial charge in [0.05, 0.1) is 4.92 Å². The van der Waals surface area contributed by atoms with Crippen LogP contribution < -0.4 is 5.32 Å². The van der Waals surface area contributed by atoms with Crippen molar-refractivity contribution in [2.24, 2.45) is 5.41 Å². The third-order valence-corrected chi connectivity index (χ3v) is 4.59. The average Bonchev–Trinajstić information content (AvgIpc) is 2.55. The van der Waals surface area contributed by atoms with Crippen LogP contribution in [0.2, 0.25) is 0 Å². The molecule has 0 radical (unpaired) electrons. The summed E-state index contributed by atoms with van der Waals surface area (Å²) in [5.74, 6) is -0.108. The summed E-state index contributed by atoms with van der Waals surface area (Å²) >= 11 is 0. The maximum absolute atomic E-state index is 12.1. The molecule has 0 saturated carbocycles. The number of amides is 1. The first kappa shape index (κ1) is 18.4. The van der Waals surface area contributed by atoms with Crippen LogP contribution in [0.25, 0.3) is 0 Å². The number of benzene rings is 1. The van der Waals surface area contributed by atoms with Crippen LogP contribution in [-0.2, 0) is 4.79 Å². The van der Waals surface area contributed by atoms with E-state index >= 15 is 0 Å². The van der Waals surface area contributed by atoms with E-state index in [9.17, 15) is 20.0 Å². The van der Waals surface area contributed by atoms with Crippen molar-refractivity contribution in [2.45, 2.75) is 33.1 Å². The lowest BCUT2D eigenvalue weighted by Crippen LogP contribution is -2.44. The second-order valence-electron chi connectivity index (χ2n) is 6.90. The lowest BCUT2D eigenvalue weighted by atomic mass is 9.83. The number of non-ortho nitro benzene ring substituents is 1. The Labute approximate surface area is 141 Å². The number of nitrogens with one attached hydrogen (secondary N) is 1. The zero-order valence-corrected chi connectivity index (χ0v) is 14.2. The Morgan fingerprint density at radius 3 is 2.88 bits per heavy atom. The van der Waals surface area contributed by atoms with Gasteiger partial charge in [-0.05, 0) is 37.9 Å². The molecule has 24 heavy (non-hydrogen) atoms. The highest BCUT2D eigenvalue weighted by molar-refractivity contribution is 5.91. The van der Waals surface area contributed by atoms with Gasteiger partial charge in [0.2, 0.25) is 5.91 Å². The van der Waals surface area contributed by atoms with Gasteiger partial charge in [0.1, 0.15) is 0 Å². The molecule has 1 atom stereocenters. The first-order valence-electron chi connectivity index (χ1n) is 8.21. The van der Waals surface area contributed by atoms with E-state index in [0.717, 1.165) is 25.9 Å². The van der Waals surface area contributed by atoms with Crippen LogP contribution in [0, 0.1) is 22.5 Å². The van der Waals surface area contributed by atoms with Gasteiger partial charge < -0.3 is 15.3 Å². The maximum atomic E-state index is 12.1. The molecule has 2 rings (SSSR count). The standard InChI is InChI=1S/C17H25N3O4/c1-13-10-14(20(23)24)4-5-15(13)18-16(22)6-9-19-8-3-7-17(2,11-19)12-21/h4-5,10,21H,3,6-9,11-12H2,1-2H3,(H,18,22). The molecule has 7 heteroatoms. The van der Waals surface area contributed by atoms with E-state index in [0.29, 0.717) is 24.2 Å². The number of carbonyl (C=O) groups excluding carboxylic acids is 1. The third-order valence-electron chi connectivity index (χ3n) is 4.59. The molecule has 0 bridgehead atoms. The van der Waals surface area contributed by atoms with Crippen LogP contribution in [-0.4, -0.2) is 47.1 Å². The molecule has 1 saturated heterocycles. The molecule has 1 aliphatic rings. The van der Waals surface area contributed by atoms with Crippen LogP contribution in [0.15, 0.2) is 18.2 Å². The minimum atomic E-state index is -0.451. The number of aryl methyl sites for hydroxylation is 1. The van der Waals surface area contributed by atoms with Gasteiger partial charge in [-0.25, -0.2) is 0 Å². The number of nitro groups is 1. The van der Waals surface area contributed by atoms with Crippen LogP contribution in [0.4, 0.5) is 11.4 Å². The predicted octanol–water partition coefficient (Wildman–Crippen LogP) is 2.33. The first-order chi connectivity index (χ1) is 11.3. The maximum Gasteiger partial charge on any atom is 0.269 e. The summed E-state index contributed by atoms with van der Waals surface area (Å²) in [6.07, 6.45) is 2.40. The monoisotopic (exact) mass is 335 g/mol. The highest BCUT2D eigenvalue weighted by Crippen LogP contribution is 2.28. The SMILES string of the molecule is Cc1cc([N+](=O)[O-])ccc1NC(=O)CCN1CCCC(C)(CO)C1. The summed E-state index contributed by atoms with van der Waals surface area (Å²) in [6, 6.07) is 4.40. The van der Waals surface area contributed by atoms with Crippen molar-refractivity contribution in [1.82, 2.24) is 4.90 Å². The fraction of sp³-hybridized carbons (Fsp3) is 0.588. The molecule has 1 aromatic rings. The highest BCUT2D eigenvalue weighted by Gasteiger charge is 2.30. The number of aliphatic hydroxyl groups excluding tert-OH is 1. The molecule has 0 spiro atoms. The Morgan fingerprint density at radius 1 is 1.50 bits per heavy atom. The van der Waals surface area contributed by atoms with Crippen LogP contribution in [0.5, 0.6) is 0 Å². The van der Waals surface area contributed by atoms with Gasteiger partial charge in [0.15, 0.2) is 0 Å². The fourth-order valence-corrected chi connectivity index (χ4v) is 3.12. The largest absolute Gasteiger partial charge is 0.396 e. The number of anilines is 1. The lowest BCUT2D eigenvalue weighted by Gasteiger charge is -2.39. The van der Waals surface area contributed by atoms with E-state index in [1.54, 1.807) is 13.0 Å². The minimum absolute atomic E-state index is 0.0158. The lowest BCUT2D eigenvalue weighted by molar-refractivity contribution is -0.384. The Balaban J connectivity index is 1.86. The van der Waals surface area contributed by atoms with Gasteiger partial charge in [-0.1, -0.05) is 6.92 Å². The van der Waals surface area contributed by atoms with Crippen molar-refractivity contribution in [3.8, 4) is 0 Å². The van der Waals surface area contributed by atoms with Gasteiger partial charge in [0, 0.05) is 49.4 Å². The Bertz CT molecular complexity index is 620. The zero-order chi connectivity index (χ0) is 17.7. The van der Waals surface area contributed by atoms with Gasteiger partial charge in [-0.3, -0.25) is 14.9 Å². The predicted molar refractivity (Wildman–Crippen MR) is 91.9 cm³/mol. The topological polar surface area (TPSA) is 95.7 Å². The summed E-state index contributed by atoms with van der Waals surface area (Å²) in [4.78, 5) is 24.6. The second-order valence-corrected chi connectivity index (χ2v) is 6.90. The van der Waals surface area contributed by atoms with Crippen LogP contribution >= 0.6 is 0 Å². The number of hydrogen-bond acceptors (Lipinski definition) is 5. The van der Waals surface area contributed by atoms with E-state index in [2.05, 4.69) is 17.1 Å². The molecule has 1 aliphatic heterocycles. The number of hydrogen-bond donors (Lipinski definition) is 2. The number of rotatable bonds is 6. The van der Waals surface area contributed by atoms with Crippen LogP contribution in [0.1, 0.15) is 31.7 Å². The second kappa shape index (κ2) is 7.72. The molecular weight excluding hydrogens is 310 g/mol. The number of carbonyl (C=O) groups is 1. The molecule has 0 aliphatic carbocycles. The quantitative estimate of drug-likeness (QED) is 0.614. The normalized spacial score (nSPS) is 21.5. The molecule has 7 nitrogen and oxygen atoms in total. The highest BCUT2D eigenvalue weighted by atomic mass is 16.6.